The number of hydrogen-bond donors (Lipinski definition) is 2. The van der Waals surface area contributed by atoms with E-state index in [4.69, 9.17) is 10.8 Å². The van der Waals surface area contributed by atoms with E-state index in [2.05, 4.69) is 14.9 Å². The molecule has 1 aliphatic rings. The summed E-state index contributed by atoms with van der Waals surface area (Å²) in [6.07, 6.45) is 2.33. The number of piperidine rings is 1. The second-order valence-electron chi connectivity index (χ2n) is 5.98. The number of carbonyl (C=O) groups is 2. The van der Waals surface area contributed by atoms with Gasteiger partial charge in [-0.2, -0.15) is 0 Å². The lowest BCUT2D eigenvalue weighted by atomic mass is 9.96. The number of nitrogens with two attached hydrogens (primary N) is 1. The zero-order chi connectivity index (χ0) is 17.0. The summed E-state index contributed by atoms with van der Waals surface area (Å²) in [5.74, 6) is 0.492. The second kappa shape index (κ2) is 7.26. The van der Waals surface area contributed by atoms with E-state index in [-0.39, 0.29) is 12.5 Å². The van der Waals surface area contributed by atoms with Gasteiger partial charge in [-0.15, -0.1) is 0 Å². The molecule has 0 aromatic carbocycles. The number of aromatic nitrogens is 2. The molecule has 1 fully saturated rings. The lowest BCUT2D eigenvalue weighted by Gasteiger charge is -2.35. The van der Waals surface area contributed by atoms with E-state index >= 15 is 0 Å². The van der Waals surface area contributed by atoms with Gasteiger partial charge in [0.1, 0.15) is 12.4 Å². The summed E-state index contributed by atoms with van der Waals surface area (Å²) in [5.41, 5.74) is 6.88. The number of carboxylic acid groups (broad SMARTS) is 1. The normalized spacial score (nSPS) is 15.5. The maximum atomic E-state index is 11.2. The highest BCUT2D eigenvalue weighted by Crippen LogP contribution is 2.24. The molecule has 0 bridgehead atoms. The third-order valence-corrected chi connectivity index (χ3v) is 4.06. The summed E-state index contributed by atoms with van der Waals surface area (Å²) < 4.78 is 0. The van der Waals surface area contributed by atoms with Crippen LogP contribution in [0.5, 0.6) is 0 Å². The first-order chi connectivity index (χ1) is 10.9. The van der Waals surface area contributed by atoms with Crippen LogP contribution in [0.15, 0.2) is 6.20 Å². The number of rotatable bonds is 5. The van der Waals surface area contributed by atoms with Gasteiger partial charge in [-0.25, -0.2) is 9.78 Å². The quantitative estimate of drug-likeness (QED) is 0.828. The van der Waals surface area contributed by atoms with E-state index in [1.165, 1.54) is 0 Å². The molecule has 1 aliphatic heterocycles. The van der Waals surface area contributed by atoms with Crippen LogP contribution in [-0.2, 0) is 4.79 Å². The van der Waals surface area contributed by atoms with Gasteiger partial charge in [0.2, 0.25) is 5.91 Å². The average molecular weight is 321 g/mol. The number of anilines is 1. The summed E-state index contributed by atoms with van der Waals surface area (Å²) >= 11 is 0. The molecule has 1 aromatic rings. The fraction of sp³-hybridized carbons (Fsp3) is 0.600. The predicted octanol–water partition coefficient (Wildman–Crippen LogP) is 0.775. The molecule has 2 amide bonds. The molecule has 2 heterocycles. The molecule has 23 heavy (non-hydrogen) atoms. The first-order valence-corrected chi connectivity index (χ1v) is 7.68. The molecule has 1 saturated heterocycles. The summed E-state index contributed by atoms with van der Waals surface area (Å²) in [6, 6.07) is 0. The standard InChI is InChI=1S/C15H23N5O3/c1-10-7-17-11(2)14(18-10)19-5-3-12(4-6-19)8-20(15(22)23)9-13(16)21/h7,12H,3-6,8-9H2,1-2H3,(H2,16,21)(H,22,23). The van der Waals surface area contributed by atoms with Crippen molar-refractivity contribution in [2.45, 2.75) is 26.7 Å². The predicted molar refractivity (Wildman–Crippen MR) is 85.2 cm³/mol. The Morgan fingerprint density at radius 2 is 2.04 bits per heavy atom. The van der Waals surface area contributed by atoms with Crippen molar-refractivity contribution in [3.05, 3.63) is 17.6 Å². The minimum Gasteiger partial charge on any atom is -0.465 e. The molecular formula is C15H23N5O3. The number of aryl methyl sites for hydroxylation is 2. The van der Waals surface area contributed by atoms with Crippen LogP contribution in [0.1, 0.15) is 24.2 Å². The maximum absolute atomic E-state index is 11.2. The Kier molecular flexibility index (Phi) is 5.36. The topological polar surface area (TPSA) is 113 Å². The maximum Gasteiger partial charge on any atom is 0.407 e. The van der Waals surface area contributed by atoms with Gasteiger partial charge in [-0.3, -0.25) is 14.7 Å². The van der Waals surface area contributed by atoms with Crippen molar-refractivity contribution in [2.75, 3.05) is 31.1 Å². The van der Waals surface area contributed by atoms with Crippen LogP contribution in [0.25, 0.3) is 0 Å². The van der Waals surface area contributed by atoms with E-state index in [1.807, 2.05) is 13.8 Å². The Hall–Kier alpha value is -2.38. The summed E-state index contributed by atoms with van der Waals surface area (Å²) in [5, 5.41) is 9.14. The summed E-state index contributed by atoms with van der Waals surface area (Å²) in [4.78, 5) is 34.3. The Morgan fingerprint density at radius 1 is 1.39 bits per heavy atom. The molecule has 0 radical (unpaired) electrons. The number of hydrogen-bond acceptors (Lipinski definition) is 5. The Morgan fingerprint density at radius 3 is 2.61 bits per heavy atom. The van der Waals surface area contributed by atoms with Crippen molar-refractivity contribution in [3.63, 3.8) is 0 Å². The van der Waals surface area contributed by atoms with Crippen molar-refractivity contribution in [2.24, 2.45) is 11.7 Å². The van der Waals surface area contributed by atoms with Gasteiger partial charge in [0.25, 0.3) is 0 Å². The summed E-state index contributed by atoms with van der Waals surface area (Å²) in [6.45, 7) is 5.54. The first-order valence-electron chi connectivity index (χ1n) is 7.68. The molecule has 0 saturated carbocycles. The molecule has 0 unspecified atom stereocenters. The van der Waals surface area contributed by atoms with Crippen molar-refractivity contribution in [1.82, 2.24) is 14.9 Å². The third-order valence-electron chi connectivity index (χ3n) is 4.06. The molecule has 1 aromatic heterocycles. The van der Waals surface area contributed by atoms with Crippen molar-refractivity contribution < 1.29 is 14.7 Å². The molecule has 0 aliphatic carbocycles. The zero-order valence-corrected chi connectivity index (χ0v) is 13.5. The fourth-order valence-corrected chi connectivity index (χ4v) is 2.86. The van der Waals surface area contributed by atoms with Gasteiger partial charge in [-0.1, -0.05) is 0 Å². The Bertz CT molecular complexity index is 584. The van der Waals surface area contributed by atoms with Gasteiger partial charge >= 0.3 is 6.09 Å². The van der Waals surface area contributed by atoms with Gasteiger partial charge in [0.05, 0.1) is 11.4 Å². The highest BCUT2D eigenvalue weighted by molar-refractivity contribution is 5.80. The van der Waals surface area contributed by atoms with Gasteiger partial charge < -0.3 is 15.7 Å². The molecule has 8 nitrogen and oxygen atoms in total. The van der Waals surface area contributed by atoms with Gasteiger partial charge in [-0.05, 0) is 32.6 Å². The third kappa shape index (κ3) is 4.54. The van der Waals surface area contributed by atoms with Crippen LogP contribution in [0.4, 0.5) is 10.6 Å². The number of amides is 2. The SMILES string of the molecule is Cc1cnc(C)c(N2CCC(CN(CC(N)=O)C(=O)O)CC2)n1. The number of primary amides is 1. The van der Waals surface area contributed by atoms with Gasteiger partial charge in [0.15, 0.2) is 0 Å². The molecular weight excluding hydrogens is 298 g/mol. The minimum absolute atomic E-state index is 0.222. The van der Waals surface area contributed by atoms with E-state index in [1.54, 1.807) is 6.20 Å². The summed E-state index contributed by atoms with van der Waals surface area (Å²) in [7, 11) is 0. The molecule has 2 rings (SSSR count). The lowest BCUT2D eigenvalue weighted by Crippen LogP contribution is -2.44. The lowest BCUT2D eigenvalue weighted by molar-refractivity contribution is -0.119. The highest BCUT2D eigenvalue weighted by atomic mass is 16.4. The highest BCUT2D eigenvalue weighted by Gasteiger charge is 2.25. The Balaban J connectivity index is 1.94. The van der Waals surface area contributed by atoms with Gasteiger partial charge in [0, 0.05) is 25.8 Å². The molecule has 0 atom stereocenters. The fourth-order valence-electron chi connectivity index (χ4n) is 2.86. The van der Waals surface area contributed by atoms with Crippen LogP contribution in [0, 0.1) is 19.8 Å². The van der Waals surface area contributed by atoms with Crippen molar-refractivity contribution in [1.29, 1.82) is 0 Å². The molecule has 3 N–H and O–H groups in total. The Labute approximate surface area is 135 Å². The molecule has 8 heteroatoms. The molecule has 126 valence electrons. The number of carbonyl (C=O) groups excluding carboxylic acids is 1. The van der Waals surface area contributed by atoms with Crippen molar-refractivity contribution >= 4 is 17.8 Å². The van der Waals surface area contributed by atoms with E-state index < -0.39 is 12.0 Å². The largest absolute Gasteiger partial charge is 0.465 e. The van der Waals surface area contributed by atoms with Crippen LogP contribution in [-0.4, -0.2) is 58.2 Å². The van der Waals surface area contributed by atoms with Crippen LogP contribution < -0.4 is 10.6 Å². The zero-order valence-electron chi connectivity index (χ0n) is 13.5. The van der Waals surface area contributed by atoms with E-state index in [9.17, 15) is 9.59 Å². The van der Waals surface area contributed by atoms with E-state index in [0.29, 0.717) is 6.54 Å². The smallest absolute Gasteiger partial charge is 0.407 e. The molecule has 0 spiro atoms. The monoisotopic (exact) mass is 321 g/mol. The minimum atomic E-state index is -1.10. The van der Waals surface area contributed by atoms with Crippen LogP contribution in [0.2, 0.25) is 0 Å². The van der Waals surface area contributed by atoms with E-state index in [0.717, 1.165) is 48.0 Å². The van der Waals surface area contributed by atoms with Crippen molar-refractivity contribution in [3.8, 4) is 0 Å². The van der Waals surface area contributed by atoms with Crippen LogP contribution in [0.3, 0.4) is 0 Å². The second-order valence-corrected chi connectivity index (χ2v) is 5.98. The average Bonchev–Trinajstić information content (AvgIpc) is 2.49. The van der Waals surface area contributed by atoms with Crippen LogP contribution >= 0.6 is 0 Å². The first kappa shape index (κ1) is 17.0. The number of nitrogens with zero attached hydrogens (tertiary/aromatic N) is 4.